The molecule has 0 aliphatic carbocycles. The van der Waals surface area contributed by atoms with Gasteiger partial charge in [0, 0.05) is 25.7 Å². The van der Waals surface area contributed by atoms with Crippen molar-refractivity contribution >= 4 is 21.8 Å². The lowest BCUT2D eigenvalue weighted by Gasteiger charge is -2.29. The maximum atomic E-state index is 14.4. The number of halogens is 1. The van der Waals surface area contributed by atoms with Crippen LogP contribution in [0, 0.1) is 5.82 Å². The Morgan fingerprint density at radius 2 is 1.71 bits per heavy atom. The van der Waals surface area contributed by atoms with E-state index >= 15 is 0 Å². The number of anilines is 1. The van der Waals surface area contributed by atoms with Crippen molar-refractivity contribution in [2.24, 2.45) is 0 Å². The Hall–Kier alpha value is -2.49. The van der Waals surface area contributed by atoms with Crippen LogP contribution >= 0.6 is 0 Å². The van der Waals surface area contributed by atoms with Crippen molar-refractivity contribution in [3.63, 3.8) is 0 Å². The molecule has 1 aliphatic heterocycles. The number of hydrogen-bond donors (Lipinski definition) is 1. The Morgan fingerprint density at radius 1 is 1.10 bits per heavy atom. The summed E-state index contributed by atoms with van der Waals surface area (Å²) in [5.74, 6) is -0.768. The van der Waals surface area contributed by atoms with Crippen LogP contribution in [0.1, 0.15) is 28.8 Å². The Balaban J connectivity index is 1.75. The molecular weight excluding hydrogens is 419 g/mol. The van der Waals surface area contributed by atoms with Crippen molar-refractivity contribution in [3.8, 4) is 0 Å². The van der Waals surface area contributed by atoms with Gasteiger partial charge in [-0.1, -0.05) is 24.3 Å². The molecule has 9 heteroatoms. The van der Waals surface area contributed by atoms with Crippen LogP contribution in [0.15, 0.2) is 48.5 Å². The molecule has 7 nitrogen and oxygen atoms in total. The number of carbonyl (C=O) groups is 1. The molecule has 0 atom stereocenters. The summed E-state index contributed by atoms with van der Waals surface area (Å²) in [6, 6.07) is 12.6. The number of carbonyl (C=O) groups excluding carboxylic acids is 1. The van der Waals surface area contributed by atoms with E-state index in [4.69, 9.17) is 0 Å². The van der Waals surface area contributed by atoms with Crippen LogP contribution in [0.4, 0.5) is 10.1 Å². The minimum absolute atomic E-state index is 0.0275. The minimum atomic E-state index is -3.92. The van der Waals surface area contributed by atoms with E-state index in [0.717, 1.165) is 34.5 Å². The second kappa shape index (κ2) is 9.76. The first kappa shape index (κ1) is 23.2. The molecule has 0 saturated carbocycles. The lowest BCUT2D eigenvalue weighted by molar-refractivity contribution is 0.0917. The number of nitrogens with one attached hydrogen (secondary N) is 1. The Bertz CT molecular complexity index is 1000. The monoisotopic (exact) mass is 448 g/mol. The molecule has 2 aromatic carbocycles. The van der Waals surface area contributed by atoms with E-state index < -0.39 is 16.0 Å². The second-order valence-corrected chi connectivity index (χ2v) is 10.1. The number of para-hydroxylation sites is 1. The highest BCUT2D eigenvalue weighted by Crippen LogP contribution is 2.25. The zero-order valence-electron chi connectivity index (χ0n) is 18.1. The smallest absolute Gasteiger partial charge is 0.303 e. The quantitative estimate of drug-likeness (QED) is 0.706. The zero-order valence-corrected chi connectivity index (χ0v) is 18.9. The lowest BCUT2D eigenvalue weighted by Crippen LogP contribution is -2.43. The van der Waals surface area contributed by atoms with E-state index in [1.807, 2.05) is 0 Å². The molecule has 31 heavy (non-hydrogen) atoms. The van der Waals surface area contributed by atoms with E-state index in [-0.39, 0.29) is 24.2 Å². The summed E-state index contributed by atoms with van der Waals surface area (Å²) >= 11 is 0. The maximum Gasteiger partial charge on any atom is 0.303 e. The molecule has 1 N–H and O–H groups in total. The van der Waals surface area contributed by atoms with Gasteiger partial charge in [-0.25, -0.2) is 4.39 Å². The molecule has 0 unspecified atom stereocenters. The number of rotatable bonds is 7. The highest BCUT2D eigenvalue weighted by Gasteiger charge is 2.27. The van der Waals surface area contributed by atoms with Crippen molar-refractivity contribution in [1.29, 1.82) is 0 Å². The molecule has 0 aromatic heterocycles. The van der Waals surface area contributed by atoms with E-state index in [1.54, 1.807) is 30.3 Å². The molecular formula is C22H29FN4O3S. The topological polar surface area (TPSA) is 73.0 Å². The predicted molar refractivity (Wildman–Crippen MR) is 120 cm³/mol. The largest absolute Gasteiger partial charge is 0.349 e. The predicted octanol–water partition coefficient (Wildman–Crippen LogP) is 2.46. The molecule has 1 fully saturated rings. The summed E-state index contributed by atoms with van der Waals surface area (Å²) in [4.78, 5) is 14.8. The lowest BCUT2D eigenvalue weighted by atomic mass is 10.0. The minimum Gasteiger partial charge on any atom is -0.349 e. The molecule has 3 rings (SSSR count). The number of piperidine rings is 1. The van der Waals surface area contributed by atoms with Crippen LogP contribution in [0.2, 0.25) is 0 Å². The average molecular weight is 449 g/mol. The van der Waals surface area contributed by atoms with E-state index in [9.17, 15) is 17.6 Å². The fourth-order valence-corrected chi connectivity index (χ4v) is 4.59. The van der Waals surface area contributed by atoms with Gasteiger partial charge in [-0.3, -0.25) is 9.10 Å². The zero-order chi connectivity index (χ0) is 22.6. The van der Waals surface area contributed by atoms with Gasteiger partial charge in [0.2, 0.25) is 0 Å². The summed E-state index contributed by atoms with van der Waals surface area (Å²) in [5.41, 5.74) is 1.13. The highest BCUT2D eigenvalue weighted by atomic mass is 32.2. The summed E-state index contributed by atoms with van der Waals surface area (Å²) in [5, 5.41) is 3.06. The van der Waals surface area contributed by atoms with Crippen molar-refractivity contribution in [1.82, 2.24) is 14.5 Å². The van der Waals surface area contributed by atoms with Crippen LogP contribution in [0.5, 0.6) is 0 Å². The fourth-order valence-electron chi connectivity index (χ4n) is 3.49. The third-order valence-electron chi connectivity index (χ3n) is 5.46. The molecule has 0 bridgehead atoms. The Morgan fingerprint density at radius 3 is 2.29 bits per heavy atom. The summed E-state index contributed by atoms with van der Waals surface area (Å²) in [7, 11) is 0.953. The van der Waals surface area contributed by atoms with Gasteiger partial charge in [0.25, 0.3) is 5.91 Å². The summed E-state index contributed by atoms with van der Waals surface area (Å²) in [6.07, 6.45) is 1.83. The van der Waals surface area contributed by atoms with Gasteiger partial charge in [0.05, 0.1) is 12.2 Å². The third-order valence-corrected chi connectivity index (χ3v) is 7.26. The van der Waals surface area contributed by atoms with Gasteiger partial charge < -0.3 is 10.2 Å². The van der Waals surface area contributed by atoms with Gasteiger partial charge >= 0.3 is 10.2 Å². The number of benzene rings is 2. The first-order valence-electron chi connectivity index (χ1n) is 10.2. The van der Waals surface area contributed by atoms with Crippen LogP contribution in [0.3, 0.4) is 0 Å². The van der Waals surface area contributed by atoms with Gasteiger partial charge in [0.1, 0.15) is 5.82 Å². The maximum absolute atomic E-state index is 14.4. The van der Waals surface area contributed by atoms with E-state index in [0.29, 0.717) is 11.1 Å². The number of likely N-dealkylation sites (tertiary alicyclic amines) is 1. The molecule has 2 aromatic rings. The van der Waals surface area contributed by atoms with Crippen LogP contribution in [-0.2, 0) is 16.8 Å². The van der Waals surface area contributed by atoms with Crippen molar-refractivity contribution in [2.75, 3.05) is 38.5 Å². The standard InChI is InChI=1S/C22H29FN4O3S/c1-25(2)31(29,30)27(21-7-5-4-6-20(21)23)16-17-8-10-18(11-9-17)22(28)24-19-12-14-26(3)15-13-19/h4-11,19H,12-16H2,1-3H3,(H,24,28). The van der Waals surface area contributed by atoms with Crippen LogP contribution < -0.4 is 9.62 Å². The van der Waals surface area contributed by atoms with E-state index in [1.165, 1.54) is 32.3 Å². The average Bonchev–Trinajstić information content (AvgIpc) is 2.74. The summed E-state index contributed by atoms with van der Waals surface area (Å²) < 4.78 is 42.1. The van der Waals surface area contributed by atoms with Gasteiger partial charge in [-0.2, -0.15) is 12.7 Å². The molecule has 1 aliphatic rings. The SMILES string of the molecule is CN1CCC(NC(=O)c2ccc(CN(c3ccccc3F)S(=O)(=O)N(C)C)cc2)CC1. The van der Waals surface area contributed by atoms with Crippen molar-refractivity contribution in [3.05, 3.63) is 65.5 Å². The van der Waals surface area contributed by atoms with Gasteiger partial charge in [0.15, 0.2) is 0 Å². The van der Waals surface area contributed by atoms with Gasteiger partial charge in [-0.05, 0) is 62.8 Å². The second-order valence-electron chi connectivity index (χ2n) is 8.00. The Kier molecular flexibility index (Phi) is 7.30. The van der Waals surface area contributed by atoms with Crippen LogP contribution in [-0.4, -0.2) is 63.8 Å². The first-order valence-corrected chi connectivity index (χ1v) is 11.6. The molecule has 1 amide bonds. The van der Waals surface area contributed by atoms with Gasteiger partial charge in [-0.15, -0.1) is 0 Å². The normalized spacial score (nSPS) is 15.8. The van der Waals surface area contributed by atoms with Crippen LogP contribution in [0.25, 0.3) is 0 Å². The molecule has 168 valence electrons. The van der Waals surface area contributed by atoms with Crippen molar-refractivity contribution < 1.29 is 17.6 Å². The number of amides is 1. The molecule has 1 heterocycles. The highest BCUT2D eigenvalue weighted by molar-refractivity contribution is 7.90. The molecule has 1 saturated heterocycles. The number of nitrogens with zero attached hydrogens (tertiary/aromatic N) is 3. The van der Waals surface area contributed by atoms with Crippen molar-refractivity contribution in [2.45, 2.75) is 25.4 Å². The summed E-state index contributed by atoms with van der Waals surface area (Å²) in [6.45, 7) is 1.85. The first-order chi connectivity index (χ1) is 14.7. The van der Waals surface area contributed by atoms with E-state index in [2.05, 4.69) is 17.3 Å². The third kappa shape index (κ3) is 5.61. The molecule has 0 radical (unpaired) electrons. The Labute approximate surface area is 183 Å². The fraction of sp³-hybridized carbons (Fsp3) is 0.409. The number of hydrogen-bond acceptors (Lipinski definition) is 4. The molecule has 0 spiro atoms.